The van der Waals surface area contributed by atoms with Crippen LogP contribution in [0.2, 0.25) is 0 Å². The van der Waals surface area contributed by atoms with E-state index in [-0.39, 0.29) is 0 Å². The molecule has 3 rings (SSSR count). The van der Waals surface area contributed by atoms with Gasteiger partial charge in [0.2, 0.25) is 0 Å². The first-order chi connectivity index (χ1) is 9.28. The van der Waals surface area contributed by atoms with E-state index in [1.807, 2.05) is 19.1 Å². The van der Waals surface area contributed by atoms with Crippen molar-refractivity contribution in [3.63, 3.8) is 0 Å². The van der Waals surface area contributed by atoms with Gasteiger partial charge >= 0.3 is 0 Å². The Bertz CT molecular complexity index is 589. The number of hydrogen-bond donors (Lipinski definition) is 1. The van der Waals surface area contributed by atoms with Crippen molar-refractivity contribution in [3.8, 4) is 11.6 Å². The quantitative estimate of drug-likeness (QED) is 0.912. The highest BCUT2D eigenvalue weighted by molar-refractivity contribution is 5.57. The number of nitrogens with zero attached hydrogens (tertiary/aromatic N) is 2. The first-order valence-electron chi connectivity index (χ1n) is 6.98. The zero-order valence-electron chi connectivity index (χ0n) is 11.5. The zero-order valence-corrected chi connectivity index (χ0v) is 11.5. The highest BCUT2D eigenvalue weighted by Gasteiger charge is 2.20. The monoisotopic (exact) mass is 257 g/mol. The fourth-order valence-electron chi connectivity index (χ4n) is 2.49. The second-order valence-electron chi connectivity index (χ2n) is 5.01. The van der Waals surface area contributed by atoms with Gasteiger partial charge in [-0.05, 0) is 44.7 Å². The third kappa shape index (κ3) is 2.35. The lowest BCUT2D eigenvalue weighted by molar-refractivity contribution is 0.544. The van der Waals surface area contributed by atoms with Crippen molar-refractivity contribution < 1.29 is 4.42 Å². The summed E-state index contributed by atoms with van der Waals surface area (Å²) in [6.45, 7) is 5.04. The van der Waals surface area contributed by atoms with E-state index >= 15 is 0 Å². The average molecular weight is 257 g/mol. The highest BCUT2D eigenvalue weighted by atomic mass is 16.3. The van der Waals surface area contributed by atoms with Gasteiger partial charge in [-0.3, -0.25) is 0 Å². The fourth-order valence-corrected chi connectivity index (χ4v) is 2.49. The van der Waals surface area contributed by atoms with Gasteiger partial charge in [0.1, 0.15) is 11.6 Å². The lowest BCUT2D eigenvalue weighted by Gasteiger charge is -2.10. The van der Waals surface area contributed by atoms with E-state index in [0.717, 1.165) is 43.1 Å². The maximum Gasteiger partial charge on any atom is 0.197 e. The molecule has 0 bridgehead atoms. The van der Waals surface area contributed by atoms with Gasteiger partial charge in [-0.15, -0.1) is 0 Å². The minimum Gasteiger partial charge on any atom is -0.458 e. The number of nitrogens with one attached hydrogen (secondary N) is 1. The van der Waals surface area contributed by atoms with E-state index in [9.17, 15) is 0 Å². The summed E-state index contributed by atoms with van der Waals surface area (Å²) in [7, 11) is 0. The Morgan fingerprint density at radius 3 is 2.89 bits per heavy atom. The number of aromatic nitrogens is 2. The number of hydrogen-bond acceptors (Lipinski definition) is 4. The molecule has 2 aromatic heterocycles. The average Bonchev–Trinajstić information content (AvgIpc) is 3.03. The number of rotatable bonds is 4. The van der Waals surface area contributed by atoms with Crippen molar-refractivity contribution in [1.82, 2.24) is 9.97 Å². The molecule has 0 aromatic carbocycles. The molecule has 2 heterocycles. The standard InChI is InChI=1S/C15H19N3O/c1-3-9-16-14-11-5-4-6-12(11)17-15(18-14)13-8-7-10(2)19-13/h7-8H,3-6,9H2,1-2H3,(H,16,17,18). The number of anilines is 1. The van der Waals surface area contributed by atoms with Gasteiger partial charge in [-0.1, -0.05) is 6.92 Å². The van der Waals surface area contributed by atoms with Crippen LogP contribution in [0.5, 0.6) is 0 Å². The summed E-state index contributed by atoms with van der Waals surface area (Å²) in [5.74, 6) is 3.34. The summed E-state index contributed by atoms with van der Waals surface area (Å²) in [4.78, 5) is 9.31. The third-order valence-electron chi connectivity index (χ3n) is 3.44. The SMILES string of the molecule is CCCNc1nc(-c2ccc(C)o2)nc2c1CCC2. The van der Waals surface area contributed by atoms with Gasteiger partial charge in [0, 0.05) is 17.8 Å². The van der Waals surface area contributed by atoms with E-state index < -0.39 is 0 Å². The number of aryl methyl sites for hydroxylation is 2. The molecule has 0 radical (unpaired) electrons. The molecule has 0 unspecified atom stereocenters. The van der Waals surface area contributed by atoms with Crippen LogP contribution in [0.15, 0.2) is 16.5 Å². The van der Waals surface area contributed by atoms with Crippen molar-refractivity contribution in [1.29, 1.82) is 0 Å². The van der Waals surface area contributed by atoms with Gasteiger partial charge in [0.15, 0.2) is 11.6 Å². The molecule has 4 nitrogen and oxygen atoms in total. The maximum atomic E-state index is 5.64. The predicted molar refractivity (Wildman–Crippen MR) is 75.3 cm³/mol. The molecule has 0 amide bonds. The first kappa shape index (κ1) is 12.2. The summed E-state index contributed by atoms with van der Waals surface area (Å²) in [6.07, 6.45) is 4.39. The van der Waals surface area contributed by atoms with Crippen molar-refractivity contribution in [2.75, 3.05) is 11.9 Å². The van der Waals surface area contributed by atoms with E-state index in [0.29, 0.717) is 5.82 Å². The van der Waals surface area contributed by atoms with Crippen LogP contribution < -0.4 is 5.32 Å². The molecule has 0 atom stereocenters. The van der Waals surface area contributed by atoms with E-state index in [1.54, 1.807) is 0 Å². The Morgan fingerprint density at radius 1 is 1.26 bits per heavy atom. The smallest absolute Gasteiger partial charge is 0.197 e. The van der Waals surface area contributed by atoms with Gasteiger partial charge in [0.05, 0.1) is 0 Å². The molecule has 0 saturated carbocycles. The first-order valence-corrected chi connectivity index (χ1v) is 6.98. The molecule has 0 fully saturated rings. The van der Waals surface area contributed by atoms with Crippen molar-refractivity contribution in [2.24, 2.45) is 0 Å². The van der Waals surface area contributed by atoms with Crippen LogP contribution in [0.4, 0.5) is 5.82 Å². The second-order valence-corrected chi connectivity index (χ2v) is 5.01. The molecule has 0 spiro atoms. The van der Waals surface area contributed by atoms with Gasteiger partial charge in [-0.2, -0.15) is 0 Å². The Balaban J connectivity index is 2.02. The van der Waals surface area contributed by atoms with E-state index in [1.165, 1.54) is 17.7 Å². The molecule has 1 aliphatic carbocycles. The summed E-state index contributed by atoms with van der Waals surface area (Å²) in [5, 5.41) is 3.42. The third-order valence-corrected chi connectivity index (χ3v) is 3.44. The molecule has 19 heavy (non-hydrogen) atoms. The summed E-state index contributed by atoms with van der Waals surface area (Å²) in [5.41, 5.74) is 2.47. The van der Waals surface area contributed by atoms with Crippen LogP contribution >= 0.6 is 0 Å². The molecule has 1 aliphatic rings. The Labute approximate surface area is 113 Å². The lowest BCUT2D eigenvalue weighted by atomic mass is 10.2. The Kier molecular flexibility index (Phi) is 3.23. The van der Waals surface area contributed by atoms with Gasteiger partial charge < -0.3 is 9.73 Å². The Morgan fingerprint density at radius 2 is 2.16 bits per heavy atom. The van der Waals surface area contributed by atoms with Gasteiger partial charge in [-0.25, -0.2) is 9.97 Å². The minimum absolute atomic E-state index is 0.701. The summed E-state index contributed by atoms with van der Waals surface area (Å²) >= 11 is 0. The zero-order chi connectivity index (χ0) is 13.2. The molecular formula is C15H19N3O. The van der Waals surface area contributed by atoms with Crippen molar-refractivity contribution in [2.45, 2.75) is 39.5 Å². The van der Waals surface area contributed by atoms with Crippen LogP contribution in [-0.2, 0) is 12.8 Å². The topological polar surface area (TPSA) is 51.0 Å². The van der Waals surface area contributed by atoms with Crippen LogP contribution in [0, 0.1) is 6.92 Å². The molecule has 1 N–H and O–H groups in total. The number of fused-ring (bicyclic) bond motifs is 1. The predicted octanol–water partition coefficient (Wildman–Crippen LogP) is 3.36. The van der Waals surface area contributed by atoms with E-state index in [4.69, 9.17) is 4.42 Å². The molecular weight excluding hydrogens is 238 g/mol. The molecule has 0 saturated heterocycles. The van der Waals surface area contributed by atoms with Crippen molar-refractivity contribution >= 4 is 5.82 Å². The Hall–Kier alpha value is -1.84. The van der Waals surface area contributed by atoms with Crippen LogP contribution in [0.3, 0.4) is 0 Å². The summed E-state index contributed by atoms with van der Waals surface area (Å²) < 4.78 is 5.64. The molecule has 4 heteroatoms. The van der Waals surface area contributed by atoms with Crippen LogP contribution in [0.25, 0.3) is 11.6 Å². The van der Waals surface area contributed by atoms with Crippen LogP contribution in [0.1, 0.15) is 36.8 Å². The second kappa shape index (κ2) is 5.03. The number of furan rings is 1. The molecule has 100 valence electrons. The largest absolute Gasteiger partial charge is 0.458 e. The van der Waals surface area contributed by atoms with E-state index in [2.05, 4.69) is 22.2 Å². The highest BCUT2D eigenvalue weighted by Crippen LogP contribution is 2.29. The fraction of sp³-hybridized carbons (Fsp3) is 0.467. The molecule has 2 aromatic rings. The maximum absolute atomic E-state index is 5.64. The van der Waals surface area contributed by atoms with Crippen LogP contribution in [-0.4, -0.2) is 16.5 Å². The van der Waals surface area contributed by atoms with Gasteiger partial charge in [0.25, 0.3) is 0 Å². The van der Waals surface area contributed by atoms with Crippen molar-refractivity contribution in [3.05, 3.63) is 29.2 Å². The lowest BCUT2D eigenvalue weighted by Crippen LogP contribution is -2.07. The summed E-state index contributed by atoms with van der Waals surface area (Å²) in [6, 6.07) is 3.89. The molecule has 0 aliphatic heterocycles. The minimum atomic E-state index is 0.701. The normalized spacial score (nSPS) is 13.6.